The highest BCUT2D eigenvalue weighted by atomic mass is 127. The molecule has 0 aliphatic rings. The van der Waals surface area contributed by atoms with Gasteiger partial charge in [-0.15, -0.1) is 0 Å². The van der Waals surface area contributed by atoms with E-state index in [9.17, 15) is 5.11 Å². The lowest BCUT2D eigenvalue weighted by Crippen LogP contribution is -2.09. The Kier molecular flexibility index (Phi) is 4.05. The summed E-state index contributed by atoms with van der Waals surface area (Å²) < 4.78 is 0.710. The van der Waals surface area contributed by atoms with Crippen LogP contribution < -0.4 is 5.73 Å². The summed E-state index contributed by atoms with van der Waals surface area (Å²) in [6.45, 7) is 0. The molecule has 15 heavy (non-hydrogen) atoms. The van der Waals surface area contributed by atoms with Crippen molar-refractivity contribution in [3.8, 4) is 11.8 Å². The zero-order valence-corrected chi connectivity index (χ0v) is 10.5. The van der Waals surface area contributed by atoms with Gasteiger partial charge in [0.15, 0.2) is 0 Å². The van der Waals surface area contributed by atoms with Gasteiger partial charge in [-0.05, 0) is 46.4 Å². The van der Waals surface area contributed by atoms with Gasteiger partial charge < -0.3 is 10.8 Å². The largest absolute Gasteiger partial charge is 0.507 e. The molecule has 5 heteroatoms. The highest BCUT2D eigenvalue weighted by Gasteiger charge is 2.01. The standard InChI is InChI=1S/C10H7IN2OS/c11-8-4-6(1-2-9(8)14)3-7(5-12)10(13)15/h1-4,14H,(H2,13,15)/b7-3-. The average molecular weight is 330 g/mol. The average Bonchev–Trinajstić information content (AvgIpc) is 2.19. The maximum atomic E-state index is 9.30. The van der Waals surface area contributed by atoms with Crippen LogP contribution in [0.5, 0.6) is 5.75 Å². The summed E-state index contributed by atoms with van der Waals surface area (Å²) in [4.78, 5) is 0.0700. The van der Waals surface area contributed by atoms with Crippen molar-refractivity contribution in [1.29, 1.82) is 5.26 Å². The first-order valence-corrected chi connectivity index (χ1v) is 5.43. The Bertz CT molecular complexity index is 477. The van der Waals surface area contributed by atoms with Crippen molar-refractivity contribution in [3.63, 3.8) is 0 Å². The monoisotopic (exact) mass is 330 g/mol. The molecule has 3 N–H and O–H groups in total. The van der Waals surface area contributed by atoms with E-state index in [2.05, 4.69) is 0 Å². The van der Waals surface area contributed by atoms with Crippen LogP contribution in [0.3, 0.4) is 0 Å². The van der Waals surface area contributed by atoms with E-state index >= 15 is 0 Å². The van der Waals surface area contributed by atoms with Crippen molar-refractivity contribution in [2.75, 3.05) is 0 Å². The van der Waals surface area contributed by atoms with Gasteiger partial charge in [0.05, 0.1) is 9.14 Å². The molecule has 0 saturated carbocycles. The second-order valence-corrected chi connectivity index (χ2v) is 4.35. The number of nitriles is 1. The van der Waals surface area contributed by atoms with Crippen LogP contribution in [0.15, 0.2) is 23.8 Å². The first kappa shape index (κ1) is 11.9. The van der Waals surface area contributed by atoms with Crippen LogP contribution in [0.25, 0.3) is 6.08 Å². The molecule has 0 aliphatic heterocycles. The van der Waals surface area contributed by atoms with Gasteiger partial charge in [0.2, 0.25) is 0 Å². The molecule has 1 aromatic rings. The van der Waals surface area contributed by atoms with Crippen LogP contribution in [0.1, 0.15) is 5.56 Å². The predicted molar refractivity (Wildman–Crippen MR) is 71.2 cm³/mol. The molecule has 0 spiro atoms. The fourth-order valence-corrected chi connectivity index (χ4v) is 1.58. The maximum absolute atomic E-state index is 9.30. The second-order valence-electron chi connectivity index (χ2n) is 2.74. The first-order valence-electron chi connectivity index (χ1n) is 3.94. The highest BCUT2D eigenvalue weighted by Crippen LogP contribution is 2.21. The normalized spacial score (nSPS) is 10.8. The van der Waals surface area contributed by atoms with Crippen LogP contribution in [-0.4, -0.2) is 10.1 Å². The lowest BCUT2D eigenvalue weighted by molar-refractivity contribution is 0.471. The maximum Gasteiger partial charge on any atom is 0.128 e. The fourth-order valence-electron chi connectivity index (χ4n) is 0.938. The number of halogens is 1. The Morgan fingerprint density at radius 3 is 2.73 bits per heavy atom. The number of nitrogens with two attached hydrogens (primary N) is 1. The third kappa shape index (κ3) is 3.18. The molecule has 0 saturated heterocycles. The minimum absolute atomic E-state index is 0.0700. The number of rotatable bonds is 2. The molecule has 0 bridgehead atoms. The number of phenols is 1. The zero-order valence-electron chi connectivity index (χ0n) is 7.57. The molecule has 0 unspecified atom stereocenters. The number of aromatic hydroxyl groups is 1. The van der Waals surface area contributed by atoms with E-state index in [1.54, 1.807) is 24.3 Å². The van der Waals surface area contributed by atoms with Crippen LogP contribution in [0.4, 0.5) is 0 Å². The molecular weight excluding hydrogens is 323 g/mol. The van der Waals surface area contributed by atoms with E-state index in [0.29, 0.717) is 3.57 Å². The lowest BCUT2D eigenvalue weighted by Gasteiger charge is -1.99. The Balaban J connectivity index is 3.14. The summed E-state index contributed by atoms with van der Waals surface area (Å²) in [6, 6.07) is 6.90. The van der Waals surface area contributed by atoms with Gasteiger partial charge in [0, 0.05) is 0 Å². The van der Waals surface area contributed by atoms with E-state index in [1.807, 2.05) is 28.7 Å². The number of thiocarbonyl (C=S) groups is 1. The summed E-state index contributed by atoms with van der Waals surface area (Å²) >= 11 is 6.71. The Hall–Kier alpha value is -1.13. The van der Waals surface area contributed by atoms with E-state index in [0.717, 1.165) is 5.56 Å². The summed E-state index contributed by atoms with van der Waals surface area (Å²) in [5.41, 5.74) is 6.39. The third-order valence-electron chi connectivity index (χ3n) is 1.67. The molecule has 0 radical (unpaired) electrons. The van der Waals surface area contributed by atoms with Crippen molar-refractivity contribution >= 4 is 45.9 Å². The van der Waals surface area contributed by atoms with Gasteiger partial charge in [0.25, 0.3) is 0 Å². The molecule has 0 heterocycles. The van der Waals surface area contributed by atoms with E-state index < -0.39 is 0 Å². The molecule has 1 aromatic carbocycles. The minimum Gasteiger partial charge on any atom is -0.507 e. The van der Waals surface area contributed by atoms with Gasteiger partial charge in [-0.3, -0.25) is 0 Å². The molecule has 3 nitrogen and oxygen atoms in total. The quantitative estimate of drug-likeness (QED) is 0.377. The zero-order chi connectivity index (χ0) is 11.4. The molecule has 0 aliphatic carbocycles. The Morgan fingerprint density at radius 1 is 1.60 bits per heavy atom. The van der Waals surface area contributed by atoms with Crippen LogP contribution in [-0.2, 0) is 0 Å². The Morgan fingerprint density at radius 2 is 2.27 bits per heavy atom. The topological polar surface area (TPSA) is 70.0 Å². The molecule has 76 valence electrons. The molecule has 1 rings (SSSR count). The number of hydrogen-bond acceptors (Lipinski definition) is 3. The van der Waals surface area contributed by atoms with Gasteiger partial charge in [-0.25, -0.2) is 0 Å². The third-order valence-corrected chi connectivity index (χ3v) is 2.75. The molecule has 0 aromatic heterocycles. The SMILES string of the molecule is N#C/C(=C/c1ccc(O)c(I)c1)C(N)=S. The van der Waals surface area contributed by atoms with Crippen molar-refractivity contribution in [2.24, 2.45) is 5.73 Å². The number of benzene rings is 1. The van der Waals surface area contributed by atoms with Crippen molar-refractivity contribution in [2.45, 2.75) is 0 Å². The molecule has 0 fully saturated rings. The van der Waals surface area contributed by atoms with Gasteiger partial charge in [-0.2, -0.15) is 5.26 Å². The number of nitrogens with zero attached hydrogens (tertiary/aromatic N) is 1. The highest BCUT2D eigenvalue weighted by molar-refractivity contribution is 14.1. The van der Waals surface area contributed by atoms with Crippen LogP contribution >= 0.6 is 34.8 Å². The Labute approximate surface area is 106 Å². The van der Waals surface area contributed by atoms with Crippen LogP contribution in [0, 0.1) is 14.9 Å². The second kappa shape index (κ2) is 5.09. The summed E-state index contributed by atoms with van der Waals surface area (Å²) in [6.07, 6.45) is 1.59. The molecule has 0 atom stereocenters. The smallest absolute Gasteiger partial charge is 0.128 e. The van der Waals surface area contributed by atoms with Crippen molar-refractivity contribution in [1.82, 2.24) is 0 Å². The fraction of sp³-hybridized carbons (Fsp3) is 0. The van der Waals surface area contributed by atoms with E-state index in [4.69, 9.17) is 23.2 Å². The number of hydrogen-bond donors (Lipinski definition) is 2. The van der Waals surface area contributed by atoms with E-state index in [1.165, 1.54) is 0 Å². The lowest BCUT2D eigenvalue weighted by atomic mass is 10.1. The molecular formula is C10H7IN2OS. The summed E-state index contributed by atoms with van der Waals surface area (Å²) in [7, 11) is 0. The number of phenolic OH excluding ortho intramolecular Hbond substituents is 1. The van der Waals surface area contributed by atoms with Crippen molar-refractivity contribution in [3.05, 3.63) is 32.9 Å². The van der Waals surface area contributed by atoms with Gasteiger partial charge in [0.1, 0.15) is 16.8 Å². The van der Waals surface area contributed by atoms with E-state index in [-0.39, 0.29) is 16.3 Å². The first-order chi connectivity index (χ1) is 7.04. The summed E-state index contributed by atoms with van der Waals surface area (Å²) in [5.74, 6) is 0.210. The molecule has 0 amide bonds. The summed E-state index contributed by atoms with van der Waals surface area (Å²) in [5, 5.41) is 18.0. The van der Waals surface area contributed by atoms with Crippen molar-refractivity contribution < 1.29 is 5.11 Å². The van der Waals surface area contributed by atoms with Gasteiger partial charge in [-0.1, -0.05) is 18.3 Å². The van der Waals surface area contributed by atoms with Gasteiger partial charge >= 0.3 is 0 Å². The predicted octanol–water partition coefficient (Wildman–Crippen LogP) is 2.19. The van der Waals surface area contributed by atoms with Crippen LogP contribution in [0.2, 0.25) is 0 Å². The minimum atomic E-state index is 0.0700.